The van der Waals surface area contributed by atoms with Crippen LogP contribution in [0.2, 0.25) is 0 Å². The number of nitro groups is 3. The largest absolute Gasteiger partial charge is 0.497 e. The molecule has 0 saturated carbocycles. The minimum atomic E-state index is -1.21. The number of nitro benzene ring substituents is 3. The lowest BCUT2D eigenvalue weighted by atomic mass is 9.84. The lowest BCUT2D eigenvalue weighted by molar-refractivity contribution is -0.404. The summed E-state index contributed by atoms with van der Waals surface area (Å²) in [5, 5.41) is 40.2. The summed E-state index contributed by atoms with van der Waals surface area (Å²) in [6.45, 7) is 0.990. The molecule has 1 heterocycles. The molecular formula is C23H24N4O8. The van der Waals surface area contributed by atoms with Crippen molar-refractivity contribution in [3.05, 3.63) is 83.5 Å². The smallest absolute Gasteiger partial charge is 0.324 e. The van der Waals surface area contributed by atoms with Gasteiger partial charge in [0.15, 0.2) is 0 Å². The van der Waals surface area contributed by atoms with E-state index in [1.807, 2.05) is 12.1 Å². The molecule has 0 radical (unpaired) electrons. The Hall–Kier alpha value is -4.35. The number of hydrogen-bond acceptors (Lipinski definition) is 9. The number of ether oxygens (including phenoxy) is 1. The van der Waals surface area contributed by atoms with Gasteiger partial charge < -0.3 is 9.84 Å². The maximum absolute atomic E-state index is 10.4. The summed E-state index contributed by atoms with van der Waals surface area (Å²) < 4.78 is 5.21. The molecule has 2 aromatic carbocycles. The molecule has 0 amide bonds. The second-order valence-corrected chi connectivity index (χ2v) is 8.00. The first-order valence-electron chi connectivity index (χ1n) is 10.9. The first-order chi connectivity index (χ1) is 16.7. The van der Waals surface area contributed by atoms with E-state index >= 15 is 0 Å². The molecule has 0 unspecified atom stereocenters. The highest BCUT2D eigenvalue weighted by molar-refractivity contribution is 6.02. The third kappa shape index (κ3) is 6.16. The summed E-state index contributed by atoms with van der Waals surface area (Å²) in [4.78, 5) is 32.5. The Labute approximate surface area is 200 Å². The van der Waals surface area contributed by atoms with Gasteiger partial charge in [-0.05, 0) is 55.4 Å². The van der Waals surface area contributed by atoms with Crippen molar-refractivity contribution in [2.45, 2.75) is 38.5 Å². The van der Waals surface area contributed by atoms with Gasteiger partial charge in [-0.25, -0.2) is 0 Å². The second-order valence-electron chi connectivity index (χ2n) is 8.00. The monoisotopic (exact) mass is 484 g/mol. The molecule has 1 N–H and O–H groups in total. The standard InChI is InChI=1S/C17H21NO.C6H3N3O7/c1-19-15-8-6-13(7-9-15)12-17-16-5-3-2-4-14(16)10-11-18-17;10-6-4(8(13)14)1-3(7(11)12)2-5(6)9(15)16/h6-9H,2-5,10-12H2,1H3;1-2,10H. The number of allylic oxidation sites excluding steroid dienone is 1. The summed E-state index contributed by atoms with van der Waals surface area (Å²) in [7, 11) is 1.71. The zero-order valence-electron chi connectivity index (χ0n) is 19.0. The van der Waals surface area contributed by atoms with Crippen molar-refractivity contribution in [2.24, 2.45) is 4.99 Å². The van der Waals surface area contributed by atoms with E-state index in [0.717, 1.165) is 18.7 Å². The number of hydrogen-bond donors (Lipinski definition) is 1. The minimum absolute atomic E-state index is 0.447. The predicted molar refractivity (Wildman–Crippen MR) is 127 cm³/mol. The maximum atomic E-state index is 10.4. The van der Waals surface area contributed by atoms with Gasteiger partial charge in [0.1, 0.15) is 5.75 Å². The molecule has 2 aliphatic rings. The van der Waals surface area contributed by atoms with Crippen molar-refractivity contribution >= 4 is 22.8 Å². The van der Waals surface area contributed by atoms with E-state index in [2.05, 4.69) is 12.1 Å². The number of nitrogens with zero attached hydrogens (tertiary/aromatic N) is 4. The van der Waals surface area contributed by atoms with Crippen LogP contribution in [0.1, 0.15) is 37.7 Å². The zero-order chi connectivity index (χ0) is 25.5. The van der Waals surface area contributed by atoms with Gasteiger partial charge in [0.05, 0.1) is 34.0 Å². The molecule has 0 bridgehead atoms. The molecule has 0 saturated heterocycles. The molecule has 1 aliphatic carbocycles. The average Bonchev–Trinajstić information content (AvgIpc) is 2.85. The summed E-state index contributed by atoms with van der Waals surface area (Å²) in [6.07, 6.45) is 7.42. The highest BCUT2D eigenvalue weighted by atomic mass is 16.6. The Bertz CT molecular complexity index is 1170. The van der Waals surface area contributed by atoms with Gasteiger partial charge in [0.2, 0.25) is 0 Å². The Balaban J connectivity index is 0.000000199. The van der Waals surface area contributed by atoms with Crippen LogP contribution in [0.5, 0.6) is 11.5 Å². The average molecular weight is 484 g/mol. The summed E-state index contributed by atoms with van der Waals surface area (Å²) in [6, 6.07) is 9.27. The molecule has 184 valence electrons. The predicted octanol–water partition coefficient (Wildman–Crippen LogP) is 5.07. The van der Waals surface area contributed by atoms with Crippen LogP contribution < -0.4 is 4.74 Å². The lowest BCUT2D eigenvalue weighted by Crippen LogP contribution is -2.18. The molecule has 12 nitrogen and oxygen atoms in total. The van der Waals surface area contributed by atoms with Gasteiger partial charge in [0, 0.05) is 18.7 Å². The number of non-ortho nitro benzene ring substituents is 1. The van der Waals surface area contributed by atoms with E-state index in [-0.39, 0.29) is 0 Å². The number of dihydropyridines is 1. The van der Waals surface area contributed by atoms with Crippen molar-refractivity contribution in [2.75, 3.05) is 13.7 Å². The van der Waals surface area contributed by atoms with E-state index in [1.54, 1.807) is 18.3 Å². The molecule has 0 fully saturated rings. The van der Waals surface area contributed by atoms with Crippen LogP contribution >= 0.6 is 0 Å². The van der Waals surface area contributed by atoms with Gasteiger partial charge in [-0.3, -0.25) is 35.3 Å². The number of phenolic OH excluding ortho intramolecular Hbond substituents is 1. The van der Waals surface area contributed by atoms with E-state index in [4.69, 9.17) is 14.8 Å². The highest BCUT2D eigenvalue weighted by Gasteiger charge is 2.30. The number of methoxy groups -OCH3 is 1. The van der Waals surface area contributed by atoms with Gasteiger partial charge in [-0.15, -0.1) is 0 Å². The molecule has 4 rings (SSSR count). The van der Waals surface area contributed by atoms with Crippen LogP contribution in [0.3, 0.4) is 0 Å². The normalized spacial score (nSPS) is 14.7. The molecule has 35 heavy (non-hydrogen) atoms. The van der Waals surface area contributed by atoms with Gasteiger partial charge in [-0.1, -0.05) is 17.7 Å². The van der Waals surface area contributed by atoms with Crippen molar-refractivity contribution in [1.82, 2.24) is 0 Å². The van der Waals surface area contributed by atoms with Crippen LogP contribution in [-0.2, 0) is 6.42 Å². The topological polar surface area (TPSA) is 171 Å². The number of aromatic hydroxyl groups is 1. The molecule has 2 aromatic rings. The Morgan fingerprint density at radius 3 is 2.06 bits per heavy atom. The Morgan fingerprint density at radius 1 is 0.914 bits per heavy atom. The van der Waals surface area contributed by atoms with Crippen LogP contribution in [0.4, 0.5) is 17.1 Å². The SMILES string of the molecule is COc1ccc(CC2=NCCC3=C2CCCC3)cc1.O=[N+]([O-])c1cc([N+](=O)[O-])c(O)c([N+](=O)[O-])c1. The molecule has 1 aliphatic heterocycles. The van der Waals surface area contributed by atoms with Crippen LogP contribution in [-0.4, -0.2) is 39.2 Å². The zero-order valence-corrected chi connectivity index (χ0v) is 19.0. The second kappa shape index (κ2) is 11.2. The van der Waals surface area contributed by atoms with Crippen molar-refractivity contribution in [1.29, 1.82) is 0 Å². The fourth-order valence-electron chi connectivity index (χ4n) is 4.09. The van der Waals surface area contributed by atoms with Crippen LogP contribution in [0.15, 0.2) is 52.5 Å². The van der Waals surface area contributed by atoms with Gasteiger partial charge >= 0.3 is 11.4 Å². The Kier molecular flexibility index (Phi) is 8.08. The Morgan fingerprint density at radius 2 is 1.51 bits per heavy atom. The minimum Gasteiger partial charge on any atom is -0.497 e. The van der Waals surface area contributed by atoms with E-state index < -0.39 is 37.6 Å². The summed E-state index contributed by atoms with van der Waals surface area (Å²) >= 11 is 0. The number of aliphatic imine (C=N–C) groups is 1. The summed E-state index contributed by atoms with van der Waals surface area (Å²) in [5.74, 6) is -0.285. The number of phenols is 1. The third-order valence-electron chi connectivity index (χ3n) is 5.84. The van der Waals surface area contributed by atoms with Crippen LogP contribution in [0, 0.1) is 30.3 Å². The fraction of sp³-hybridized carbons (Fsp3) is 0.348. The number of benzene rings is 2. The summed E-state index contributed by atoms with van der Waals surface area (Å²) in [5.41, 5.74) is 2.93. The molecular weight excluding hydrogens is 460 g/mol. The van der Waals surface area contributed by atoms with Crippen molar-refractivity contribution in [3.8, 4) is 11.5 Å². The quantitative estimate of drug-likeness (QED) is 0.437. The lowest BCUT2D eigenvalue weighted by Gasteiger charge is -2.25. The number of rotatable bonds is 6. The fourth-order valence-corrected chi connectivity index (χ4v) is 4.09. The molecule has 0 aromatic heterocycles. The van der Waals surface area contributed by atoms with Gasteiger partial charge in [-0.2, -0.15) is 0 Å². The highest BCUT2D eigenvalue weighted by Crippen LogP contribution is 2.39. The molecule has 12 heteroatoms. The van der Waals surface area contributed by atoms with E-state index in [0.29, 0.717) is 12.1 Å². The third-order valence-corrected chi connectivity index (χ3v) is 5.84. The van der Waals surface area contributed by atoms with E-state index in [9.17, 15) is 30.3 Å². The first-order valence-corrected chi connectivity index (χ1v) is 10.9. The van der Waals surface area contributed by atoms with Crippen molar-refractivity contribution in [3.63, 3.8) is 0 Å². The van der Waals surface area contributed by atoms with Gasteiger partial charge in [0.25, 0.3) is 11.4 Å². The molecule has 0 spiro atoms. The van der Waals surface area contributed by atoms with Crippen LogP contribution in [0.25, 0.3) is 0 Å². The molecule has 0 atom stereocenters. The maximum Gasteiger partial charge on any atom is 0.324 e. The van der Waals surface area contributed by atoms with Crippen molar-refractivity contribution < 1.29 is 24.6 Å². The van der Waals surface area contributed by atoms with E-state index in [1.165, 1.54) is 43.4 Å². The first kappa shape index (κ1) is 25.3.